The van der Waals surface area contributed by atoms with Gasteiger partial charge in [0.1, 0.15) is 22.8 Å². The first-order valence-corrected chi connectivity index (χ1v) is 13.0. The number of H-pyrrole nitrogens is 1. The fourth-order valence-electron chi connectivity index (χ4n) is 3.86. The number of thiophene rings is 1. The van der Waals surface area contributed by atoms with Gasteiger partial charge in [-0.25, -0.2) is 19.2 Å². The molecule has 0 bridgehead atoms. The van der Waals surface area contributed by atoms with E-state index in [0.29, 0.717) is 44.1 Å². The lowest BCUT2D eigenvalue weighted by Gasteiger charge is -2.18. The molecule has 0 aliphatic heterocycles. The summed E-state index contributed by atoms with van der Waals surface area (Å²) in [6, 6.07) is 8.45. The summed E-state index contributed by atoms with van der Waals surface area (Å²) in [6.07, 6.45) is 1.35. The molecular formula is C25H20Cl2N6O5S. The number of anilines is 3. The lowest BCUT2D eigenvalue weighted by atomic mass is 10.2. The minimum absolute atomic E-state index is 0.151. The number of fused-ring (bicyclic) bond motifs is 2. The summed E-state index contributed by atoms with van der Waals surface area (Å²) in [7, 11) is 2.93. The van der Waals surface area contributed by atoms with Crippen LogP contribution in [-0.2, 0) is 4.74 Å². The van der Waals surface area contributed by atoms with E-state index in [-0.39, 0.29) is 28.6 Å². The van der Waals surface area contributed by atoms with E-state index in [1.807, 2.05) is 0 Å². The van der Waals surface area contributed by atoms with Crippen LogP contribution in [0.1, 0.15) is 27.8 Å². The summed E-state index contributed by atoms with van der Waals surface area (Å²) < 4.78 is 17.1. The Bertz CT molecular complexity index is 1720. The van der Waals surface area contributed by atoms with Crippen LogP contribution in [0.4, 0.5) is 17.2 Å². The van der Waals surface area contributed by atoms with Gasteiger partial charge in [-0.3, -0.25) is 9.89 Å². The van der Waals surface area contributed by atoms with Crippen molar-refractivity contribution < 1.29 is 23.8 Å². The Morgan fingerprint density at radius 3 is 2.72 bits per heavy atom. The fraction of sp³-hybridized carbons (Fsp3) is 0.160. The van der Waals surface area contributed by atoms with Crippen molar-refractivity contribution in [1.82, 2.24) is 20.2 Å². The monoisotopic (exact) mass is 586 g/mol. The summed E-state index contributed by atoms with van der Waals surface area (Å²) >= 11 is 14.2. The van der Waals surface area contributed by atoms with Crippen molar-refractivity contribution in [3.8, 4) is 11.5 Å². The molecule has 0 aliphatic carbocycles. The van der Waals surface area contributed by atoms with Crippen LogP contribution in [0.2, 0.25) is 5.02 Å². The molecule has 200 valence electrons. The van der Waals surface area contributed by atoms with Crippen LogP contribution in [0.15, 0.2) is 42.0 Å². The molecule has 2 N–H and O–H groups in total. The number of halogens is 2. The van der Waals surface area contributed by atoms with Gasteiger partial charge in [0.25, 0.3) is 5.91 Å². The summed E-state index contributed by atoms with van der Waals surface area (Å²) in [5.74, 6) is 0.153. The van der Waals surface area contributed by atoms with Crippen molar-refractivity contribution in [2.75, 3.05) is 30.6 Å². The van der Waals surface area contributed by atoms with E-state index in [1.54, 1.807) is 36.6 Å². The van der Waals surface area contributed by atoms with E-state index < -0.39 is 11.9 Å². The van der Waals surface area contributed by atoms with E-state index in [2.05, 4.69) is 25.5 Å². The molecule has 11 nitrogen and oxygen atoms in total. The lowest BCUT2D eigenvalue weighted by molar-refractivity contribution is 0.0521. The Kier molecular flexibility index (Phi) is 7.42. The van der Waals surface area contributed by atoms with E-state index >= 15 is 0 Å². The number of aromatic amines is 1. The van der Waals surface area contributed by atoms with Crippen molar-refractivity contribution in [3.63, 3.8) is 0 Å². The molecule has 3 heterocycles. The first-order valence-electron chi connectivity index (χ1n) is 11.4. The van der Waals surface area contributed by atoms with Crippen LogP contribution < -0.4 is 19.2 Å². The topological polar surface area (TPSA) is 132 Å². The second-order valence-corrected chi connectivity index (χ2v) is 9.57. The number of carbonyl (C=O) groups is 2. The van der Waals surface area contributed by atoms with Crippen LogP contribution in [-0.4, -0.2) is 52.9 Å². The van der Waals surface area contributed by atoms with Crippen LogP contribution in [0, 0.1) is 0 Å². The number of esters is 1. The first-order chi connectivity index (χ1) is 18.9. The molecule has 5 aromatic rings. The standard InChI is InChI=1S/C25H20Cl2N6O5S/c1-4-38-25(35)21-14-6-5-12(7-16(14)31-32-21)30-23-22-20(28-11-29-23)15(10-39-22)24(34)33(27)17-8-13(36-2)9-18(37-3)19(17)26/h5-11H,4H2,1-3H3,(H,31,32)(H,28,29,30). The summed E-state index contributed by atoms with van der Waals surface area (Å²) in [4.78, 5) is 34.2. The molecule has 5 rings (SSSR count). The third kappa shape index (κ3) is 4.89. The molecule has 0 spiro atoms. The third-order valence-electron chi connectivity index (χ3n) is 5.72. The molecule has 39 heavy (non-hydrogen) atoms. The zero-order valence-electron chi connectivity index (χ0n) is 20.7. The van der Waals surface area contributed by atoms with Crippen LogP contribution in [0.25, 0.3) is 21.1 Å². The van der Waals surface area contributed by atoms with Gasteiger partial charge in [-0.15, -0.1) is 11.3 Å². The van der Waals surface area contributed by atoms with E-state index in [9.17, 15) is 9.59 Å². The lowest BCUT2D eigenvalue weighted by Crippen LogP contribution is -2.21. The Labute approximate surface area is 235 Å². The Morgan fingerprint density at radius 1 is 1.15 bits per heavy atom. The molecule has 2 aromatic carbocycles. The molecule has 0 saturated heterocycles. The summed E-state index contributed by atoms with van der Waals surface area (Å²) in [6.45, 7) is 1.99. The number of nitrogens with one attached hydrogen (secondary N) is 2. The molecule has 1 amide bonds. The normalized spacial score (nSPS) is 11.0. The number of nitrogens with zero attached hydrogens (tertiary/aromatic N) is 4. The van der Waals surface area contributed by atoms with Crippen molar-refractivity contribution >= 4 is 84.9 Å². The van der Waals surface area contributed by atoms with Crippen molar-refractivity contribution in [2.45, 2.75) is 6.92 Å². The van der Waals surface area contributed by atoms with Gasteiger partial charge >= 0.3 is 5.97 Å². The molecule has 0 unspecified atom stereocenters. The van der Waals surface area contributed by atoms with Crippen molar-refractivity contribution in [1.29, 1.82) is 0 Å². The number of benzene rings is 2. The minimum atomic E-state index is -0.546. The van der Waals surface area contributed by atoms with Gasteiger partial charge in [-0.2, -0.15) is 5.10 Å². The summed E-state index contributed by atoms with van der Waals surface area (Å²) in [5, 5.41) is 12.6. The maximum atomic E-state index is 13.4. The highest BCUT2D eigenvalue weighted by Gasteiger charge is 2.26. The number of rotatable bonds is 8. The largest absolute Gasteiger partial charge is 0.497 e. The van der Waals surface area contributed by atoms with Crippen molar-refractivity contribution in [3.05, 3.63) is 58.3 Å². The maximum absolute atomic E-state index is 13.4. The van der Waals surface area contributed by atoms with Gasteiger partial charge in [0, 0.05) is 40.4 Å². The van der Waals surface area contributed by atoms with Gasteiger partial charge in [0.05, 0.1) is 47.8 Å². The second-order valence-electron chi connectivity index (χ2n) is 7.98. The highest BCUT2D eigenvalue weighted by molar-refractivity contribution is 7.18. The molecular weight excluding hydrogens is 567 g/mol. The maximum Gasteiger partial charge on any atom is 0.359 e. The van der Waals surface area contributed by atoms with Gasteiger partial charge in [-0.1, -0.05) is 11.6 Å². The predicted molar refractivity (Wildman–Crippen MR) is 150 cm³/mol. The number of methoxy groups -OCH3 is 2. The smallest absolute Gasteiger partial charge is 0.359 e. The van der Waals surface area contributed by atoms with Crippen LogP contribution >= 0.6 is 34.7 Å². The number of hydrogen-bond acceptors (Lipinski definition) is 10. The van der Waals surface area contributed by atoms with Crippen LogP contribution in [0.5, 0.6) is 11.5 Å². The molecule has 0 fully saturated rings. The molecule has 3 aromatic heterocycles. The number of aromatic nitrogens is 4. The molecule has 0 aliphatic rings. The van der Waals surface area contributed by atoms with Crippen molar-refractivity contribution in [2.24, 2.45) is 0 Å². The number of amides is 1. The Hall–Kier alpha value is -4.13. The zero-order valence-corrected chi connectivity index (χ0v) is 23.1. The van der Waals surface area contributed by atoms with Gasteiger partial charge in [0.2, 0.25) is 0 Å². The molecule has 14 heteroatoms. The fourth-order valence-corrected chi connectivity index (χ4v) is 5.34. The number of hydrogen-bond donors (Lipinski definition) is 2. The van der Waals surface area contributed by atoms with Gasteiger partial charge < -0.3 is 19.5 Å². The van der Waals surface area contributed by atoms with E-state index in [0.717, 1.165) is 4.42 Å². The average Bonchev–Trinajstić information content (AvgIpc) is 3.57. The molecule has 0 radical (unpaired) electrons. The highest BCUT2D eigenvalue weighted by Crippen LogP contribution is 2.41. The van der Waals surface area contributed by atoms with Gasteiger partial charge in [-0.05, 0) is 25.1 Å². The number of ether oxygens (including phenoxy) is 3. The Morgan fingerprint density at radius 2 is 1.97 bits per heavy atom. The average molecular weight is 587 g/mol. The van der Waals surface area contributed by atoms with E-state index in [1.165, 1.54) is 38.0 Å². The molecule has 0 saturated carbocycles. The van der Waals surface area contributed by atoms with Crippen LogP contribution in [0.3, 0.4) is 0 Å². The molecule has 0 atom stereocenters. The summed E-state index contributed by atoms with van der Waals surface area (Å²) in [5.41, 5.74) is 2.39. The second kappa shape index (κ2) is 10.9. The SMILES string of the molecule is CCOC(=O)c1n[nH]c2cc(Nc3ncnc4c(C(=O)N(Cl)c5cc(OC)cc(OC)c5Cl)csc34)ccc12. The predicted octanol–water partition coefficient (Wildman–Crippen LogP) is 5.96. The quantitative estimate of drug-likeness (QED) is 0.167. The first kappa shape index (κ1) is 26.5. The number of carbonyl (C=O) groups excluding carboxylic acids is 2. The Balaban J connectivity index is 1.45. The highest BCUT2D eigenvalue weighted by atomic mass is 35.5. The zero-order chi connectivity index (χ0) is 27.7. The minimum Gasteiger partial charge on any atom is -0.497 e. The van der Waals surface area contributed by atoms with E-state index in [4.69, 9.17) is 37.6 Å². The van der Waals surface area contributed by atoms with Gasteiger partial charge in [0.15, 0.2) is 11.5 Å². The third-order valence-corrected chi connectivity index (χ3v) is 7.41.